The van der Waals surface area contributed by atoms with Crippen LogP contribution in [0.4, 0.5) is 0 Å². The van der Waals surface area contributed by atoms with E-state index in [1.54, 1.807) is 0 Å². The van der Waals surface area contributed by atoms with Crippen LogP contribution < -0.4 is 0 Å². The zero-order valence-electron chi connectivity index (χ0n) is 3.89. The van der Waals surface area contributed by atoms with Gasteiger partial charge in [0.05, 0.1) is 19.8 Å². The minimum absolute atomic E-state index is 0.214. The molecule has 7 heavy (non-hydrogen) atoms. The van der Waals surface area contributed by atoms with Gasteiger partial charge in [0, 0.05) is 0 Å². The Morgan fingerprint density at radius 1 is 1.43 bits per heavy atom. The van der Waals surface area contributed by atoms with Gasteiger partial charge in [-0.25, -0.2) is 0 Å². The minimum atomic E-state index is -0.214. The molecule has 0 aromatic rings. The lowest BCUT2D eigenvalue weighted by Crippen LogP contribution is -2.23. The summed E-state index contributed by atoms with van der Waals surface area (Å²) in [4.78, 5) is 0. The third kappa shape index (κ3) is 1.63. The Hall–Kier alpha value is 0.210. The molecule has 3 heteroatoms. The van der Waals surface area contributed by atoms with Crippen molar-refractivity contribution in [2.75, 3.05) is 19.8 Å². The lowest BCUT2D eigenvalue weighted by molar-refractivity contribution is -0.0532. The molecule has 0 aromatic heterocycles. The van der Waals surface area contributed by atoms with Crippen molar-refractivity contribution in [3.05, 3.63) is 0 Å². The van der Waals surface area contributed by atoms with Crippen LogP contribution in [0.3, 0.4) is 0 Å². The minimum Gasteiger partial charge on any atom is -0.375 e. The van der Waals surface area contributed by atoms with Crippen LogP contribution in [0.25, 0.3) is 0 Å². The summed E-state index contributed by atoms with van der Waals surface area (Å²) >= 11 is 5.47. The van der Waals surface area contributed by atoms with Gasteiger partial charge in [0.15, 0.2) is 5.56 Å². The number of ether oxygens (including phenoxy) is 2. The molecule has 42 valence electrons. The smallest absolute Gasteiger partial charge is 0.154 e. The quantitative estimate of drug-likeness (QED) is 0.438. The van der Waals surface area contributed by atoms with Gasteiger partial charge in [0.2, 0.25) is 0 Å². The summed E-state index contributed by atoms with van der Waals surface area (Å²) in [5.41, 5.74) is -0.214. The summed E-state index contributed by atoms with van der Waals surface area (Å²) in [6, 6.07) is 0. The Labute approximate surface area is 47.4 Å². The first kappa shape index (κ1) is 5.35. The Bertz CT molecular complexity index is 51.7. The molecule has 0 aromatic carbocycles. The molecule has 0 N–H and O–H groups in total. The van der Waals surface area contributed by atoms with Crippen molar-refractivity contribution in [3.8, 4) is 0 Å². The van der Waals surface area contributed by atoms with Crippen LogP contribution in [-0.2, 0) is 9.47 Å². The van der Waals surface area contributed by atoms with Crippen molar-refractivity contribution < 1.29 is 9.47 Å². The maximum Gasteiger partial charge on any atom is 0.154 e. The van der Waals surface area contributed by atoms with Crippen LogP contribution >= 0.6 is 11.6 Å². The van der Waals surface area contributed by atoms with E-state index in [1.807, 2.05) is 0 Å². The molecule has 1 heterocycles. The molecule has 1 saturated heterocycles. The molecule has 1 rings (SSSR count). The van der Waals surface area contributed by atoms with Crippen LogP contribution in [0.1, 0.15) is 0 Å². The molecule has 1 fully saturated rings. The fourth-order valence-corrected chi connectivity index (χ4v) is 0.637. The predicted octanol–water partition coefficient (Wildman–Crippen LogP) is 0.598. The van der Waals surface area contributed by atoms with Gasteiger partial charge in [-0.05, 0) is 0 Å². The van der Waals surface area contributed by atoms with E-state index < -0.39 is 0 Å². The van der Waals surface area contributed by atoms with Crippen molar-refractivity contribution in [3.63, 3.8) is 0 Å². The number of hydrogen-bond acceptors (Lipinski definition) is 2. The fraction of sp³-hybridized carbons (Fsp3) is 1.00. The number of hydrogen-bond donors (Lipinski definition) is 0. The molecule has 0 radical (unpaired) electrons. The van der Waals surface area contributed by atoms with Crippen LogP contribution in [0.5, 0.6) is 0 Å². The standard InChI is InChI=1S/C4H7ClO2/c5-4-3-6-1-2-7-4/h4H,1-3H2. The molecule has 0 aliphatic carbocycles. The highest BCUT2D eigenvalue weighted by molar-refractivity contribution is 6.19. The third-order valence-corrected chi connectivity index (χ3v) is 1.03. The van der Waals surface area contributed by atoms with Crippen molar-refractivity contribution in [2.24, 2.45) is 0 Å². The highest BCUT2D eigenvalue weighted by Gasteiger charge is 2.08. The number of alkyl halides is 1. The number of rotatable bonds is 0. The normalized spacial score (nSPS) is 33.0. The zero-order chi connectivity index (χ0) is 5.11. The summed E-state index contributed by atoms with van der Waals surface area (Å²) in [6.45, 7) is 1.85. The Balaban J connectivity index is 2.12. The third-order valence-electron chi connectivity index (χ3n) is 0.775. The van der Waals surface area contributed by atoms with Gasteiger partial charge in [-0.1, -0.05) is 11.6 Å². The second-order valence-electron chi connectivity index (χ2n) is 1.36. The summed E-state index contributed by atoms with van der Waals surface area (Å²) in [5, 5.41) is 0. The summed E-state index contributed by atoms with van der Waals surface area (Å²) in [6.07, 6.45) is 0. The molecule has 1 unspecified atom stereocenters. The van der Waals surface area contributed by atoms with Crippen LogP contribution in [0, 0.1) is 0 Å². The second kappa shape index (κ2) is 2.50. The summed E-state index contributed by atoms with van der Waals surface area (Å²) in [5.74, 6) is 0. The molecule has 1 atom stereocenters. The molecular weight excluding hydrogens is 115 g/mol. The lowest BCUT2D eigenvalue weighted by Gasteiger charge is -2.16. The topological polar surface area (TPSA) is 18.5 Å². The van der Waals surface area contributed by atoms with E-state index in [-0.39, 0.29) is 5.56 Å². The molecule has 0 spiro atoms. The lowest BCUT2D eigenvalue weighted by atomic mass is 10.6. The predicted molar refractivity (Wildman–Crippen MR) is 26.4 cm³/mol. The second-order valence-corrected chi connectivity index (χ2v) is 1.84. The van der Waals surface area contributed by atoms with Gasteiger partial charge >= 0.3 is 0 Å². The fourth-order valence-electron chi connectivity index (χ4n) is 0.459. The maximum absolute atomic E-state index is 5.47. The zero-order valence-corrected chi connectivity index (χ0v) is 4.65. The molecule has 1 aliphatic rings. The van der Waals surface area contributed by atoms with E-state index in [9.17, 15) is 0 Å². The van der Waals surface area contributed by atoms with Crippen molar-refractivity contribution in [2.45, 2.75) is 5.56 Å². The molecule has 1 aliphatic heterocycles. The first-order chi connectivity index (χ1) is 3.39. The van der Waals surface area contributed by atoms with E-state index in [0.29, 0.717) is 19.8 Å². The summed E-state index contributed by atoms with van der Waals surface area (Å²) < 4.78 is 9.84. The van der Waals surface area contributed by atoms with E-state index in [0.717, 1.165) is 0 Å². The highest BCUT2D eigenvalue weighted by Crippen LogP contribution is 2.02. The van der Waals surface area contributed by atoms with Crippen LogP contribution in [-0.4, -0.2) is 25.4 Å². The molecule has 2 nitrogen and oxygen atoms in total. The first-order valence-electron chi connectivity index (χ1n) is 2.23. The van der Waals surface area contributed by atoms with Gasteiger partial charge in [-0.3, -0.25) is 0 Å². The van der Waals surface area contributed by atoms with Crippen molar-refractivity contribution >= 4 is 11.6 Å². The largest absolute Gasteiger partial charge is 0.375 e. The van der Waals surface area contributed by atoms with E-state index in [4.69, 9.17) is 21.1 Å². The van der Waals surface area contributed by atoms with Gasteiger partial charge in [0.25, 0.3) is 0 Å². The maximum atomic E-state index is 5.47. The molecule has 0 saturated carbocycles. The van der Waals surface area contributed by atoms with E-state index in [2.05, 4.69) is 0 Å². The molecular formula is C4H7ClO2. The van der Waals surface area contributed by atoms with E-state index in [1.165, 1.54) is 0 Å². The average Bonchev–Trinajstić information content (AvgIpc) is 1.69. The Morgan fingerprint density at radius 3 is 2.57 bits per heavy atom. The van der Waals surface area contributed by atoms with Crippen LogP contribution in [0.2, 0.25) is 0 Å². The first-order valence-corrected chi connectivity index (χ1v) is 2.66. The van der Waals surface area contributed by atoms with E-state index >= 15 is 0 Å². The van der Waals surface area contributed by atoms with Crippen LogP contribution in [0.15, 0.2) is 0 Å². The molecule has 0 amide bonds. The van der Waals surface area contributed by atoms with Gasteiger partial charge in [-0.15, -0.1) is 0 Å². The van der Waals surface area contributed by atoms with Gasteiger partial charge in [-0.2, -0.15) is 0 Å². The van der Waals surface area contributed by atoms with Gasteiger partial charge < -0.3 is 9.47 Å². The number of halogens is 1. The monoisotopic (exact) mass is 122 g/mol. The molecule has 0 bridgehead atoms. The van der Waals surface area contributed by atoms with Crippen molar-refractivity contribution in [1.29, 1.82) is 0 Å². The Morgan fingerprint density at radius 2 is 2.29 bits per heavy atom. The van der Waals surface area contributed by atoms with Gasteiger partial charge in [0.1, 0.15) is 0 Å². The Kier molecular flexibility index (Phi) is 1.91. The average molecular weight is 123 g/mol. The van der Waals surface area contributed by atoms with Crippen molar-refractivity contribution in [1.82, 2.24) is 0 Å². The SMILES string of the molecule is ClC1COCCO1. The summed E-state index contributed by atoms with van der Waals surface area (Å²) in [7, 11) is 0. The highest BCUT2D eigenvalue weighted by atomic mass is 35.5.